The second-order valence-electron chi connectivity index (χ2n) is 9.65. The number of carbonyl (C=O) groups is 1. The number of aromatic nitrogens is 4. The molecular formula is C30H31N7O2. The summed E-state index contributed by atoms with van der Waals surface area (Å²) in [6.07, 6.45) is 10.6. The summed E-state index contributed by atoms with van der Waals surface area (Å²) in [6, 6.07) is 19.0. The largest absolute Gasteiger partial charge is 0.496 e. The maximum atomic E-state index is 12.8. The maximum absolute atomic E-state index is 12.8. The molecule has 198 valence electrons. The number of nitrogens with one attached hydrogen (secondary N) is 2. The standard InChI is InChI=1S/C30H31N7O2/c1-39-28-12-5-4-9-23(28)18-33-29(38)22-10-6-11-25(17-22)35-30-32-16-14-26(36-30)24-19-34-37(20-24)27(13-15-31)21-7-2-3-8-21/h4-6,9-12,14,16-17,19-21,27H,2-3,7-8,13,18H2,1H3,(H,33,38)(H,32,35,36). The number of anilines is 2. The average molecular weight is 522 g/mol. The minimum Gasteiger partial charge on any atom is -0.496 e. The van der Waals surface area contributed by atoms with Crippen LogP contribution >= 0.6 is 0 Å². The molecule has 2 heterocycles. The van der Waals surface area contributed by atoms with E-state index in [0.717, 1.165) is 35.4 Å². The van der Waals surface area contributed by atoms with E-state index in [1.165, 1.54) is 12.8 Å². The summed E-state index contributed by atoms with van der Waals surface area (Å²) in [5.74, 6) is 1.44. The van der Waals surface area contributed by atoms with Crippen LogP contribution in [0.1, 0.15) is 54.1 Å². The lowest BCUT2D eigenvalue weighted by Gasteiger charge is -2.21. The monoisotopic (exact) mass is 521 g/mol. The van der Waals surface area contributed by atoms with Gasteiger partial charge in [0.05, 0.1) is 37.5 Å². The molecule has 39 heavy (non-hydrogen) atoms. The molecule has 1 aliphatic rings. The number of methoxy groups -OCH3 is 1. The Morgan fingerprint density at radius 3 is 2.85 bits per heavy atom. The lowest BCUT2D eigenvalue weighted by molar-refractivity contribution is 0.0950. The smallest absolute Gasteiger partial charge is 0.251 e. The van der Waals surface area contributed by atoms with E-state index in [1.807, 2.05) is 53.3 Å². The van der Waals surface area contributed by atoms with Crippen LogP contribution in [0.25, 0.3) is 11.3 Å². The third-order valence-electron chi connectivity index (χ3n) is 7.15. The zero-order valence-electron chi connectivity index (χ0n) is 21.9. The van der Waals surface area contributed by atoms with Crippen molar-refractivity contribution in [1.82, 2.24) is 25.1 Å². The van der Waals surface area contributed by atoms with Crippen molar-refractivity contribution in [3.8, 4) is 23.1 Å². The van der Waals surface area contributed by atoms with E-state index in [9.17, 15) is 10.1 Å². The van der Waals surface area contributed by atoms with E-state index >= 15 is 0 Å². The average Bonchev–Trinajstić information content (AvgIpc) is 3.68. The Balaban J connectivity index is 1.27. The summed E-state index contributed by atoms with van der Waals surface area (Å²) in [5.41, 5.74) is 3.71. The molecule has 0 spiro atoms. The number of amides is 1. The van der Waals surface area contributed by atoms with Crippen molar-refractivity contribution < 1.29 is 9.53 Å². The van der Waals surface area contributed by atoms with Gasteiger partial charge in [-0.15, -0.1) is 0 Å². The molecule has 1 amide bonds. The summed E-state index contributed by atoms with van der Waals surface area (Å²) >= 11 is 0. The highest BCUT2D eigenvalue weighted by Gasteiger charge is 2.27. The van der Waals surface area contributed by atoms with Gasteiger partial charge in [-0.05, 0) is 49.1 Å². The van der Waals surface area contributed by atoms with Gasteiger partial charge < -0.3 is 15.4 Å². The summed E-state index contributed by atoms with van der Waals surface area (Å²) < 4.78 is 7.29. The van der Waals surface area contributed by atoms with Crippen LogP contribution in [0.15, 0.2) is 73.2 Å². The number of carbonyl (C=O) groups excluding carboxylic acids is 1. The Labute approximate surface area is 227 Å². The van der Waals surface area contributed by atoms with E-state index in [0.29, 0.717) is 36.1 Å². The molecule has 5 rings (SSSR count). The van der Waals surface area contributed by atoms with Crippen molar-refractivity contribution in [2.75, 3.05) is 12.4 Å². The number of hydrogen-bond acceptors (Lipinski definition) is 7. The molecule has 0 radical (unpaired) electrons. The van der Waals surface area contributed by atoms with Gasteiger partial charge in [0.1, 0.15) is 5.75 Å². The quantitative estimate of drug-likeness (QED) is 0.276. The van der Waals surface area contributed by atoms with Crippen molar-refractivity contribution >= 4 is 17.5 Å². The first-order chi connectivity index (χ1) is 19.1. The molecule has 2 N–H and O–H groups in total. The summed E-state index contributed by atoms with van der Waals surface area (Å²) in [4.78, 5) is 21.8. The molecule has 0 aliphatic heterocycles. The molecule has 4 aromatic rings. The predicted molar refractivity (Wildman–Crippen MR) is 148 cm³/mol. The van der Waals surface area contributed by atoms with Gasteiger partial charge in [-0.25, -0.2) is 9.97 Å². The Bertz CT molecular complexity index is 1470. The van der Waals surface area contributed by atoms with Crippen LogP contribution in [0.3, 0.4) is 0 Å². The number of benzene rings is 2. The first-order valence-electron chi connectivity index (χ1n) is 13.2. The molecule has 1 aliphatic carbocycles. The van der Waals surface area contributed by atoms with E-state index < -0.39 is 0 Å². The summed E-state index contributed by atoms with van der Waals surface area (Å²) in [5, 5.41) is 20.1. The molecular weight excluding hydrogens is 490 g/mol. The summed E-state index contributed by atoms with van der Waals surface area (Å²) in [6.45, 7) is 0.356. The topological polar surface area (TPSA) is 118 Å². The summed E-state index contributed by atoms with van der Waals surface area (Å²) in [7, 11) is 1.61. The number of nitrogens with zero attached hydrogens (tertiary/aromatic N) is 5. The van der Waals surface area contributed by atoms with Crippen LogP contribution in [-0.4, -0.2) is 32.8 Å². The zero-order chi connectivity index (χ0) is 27.0. The predicted octanol–water partition coefficient (Wildman–Crippen LogP) is 5.67. The van der Waals surface area contributed by atoms with Crippen molar-refractivity contribution in [2.45, 2.75) is 44.7 Å². The van der Waals surface area contributed by atoms with E-state index in [-0.39, 0.29) is 11.9 Å². The van der Waals surface area contributed by atoms with Crippen LogP contribution < -0.4 is 15.4 Å². The molecule has 2 aromatic heterocycles. The van der Waals surface area contributed by atoms with Gasteiger partial charge >= 0.3 is 0 Å². The second-order valence-corrected chi connectivity index (χ2v) is 9.65. The van der Waals surface area contributed by atoms with E-state index in [2.05, 4.69) is 31.8 Å². The van der Waals surface area contributed by atoms with Crippen LogP contribution in [0, 0.1) is 17.2 Å². The normalized spacial score (nSPS) is 13.9. The Kier molecular flexibility index (Phi) is 8.12. The van der Waals surface area contributed by atoms with Gasteiger partial charge in [0, 0.05) is 41.3 Å². The van der Waals surface area contributed by atoms with Gasteiger partial charge in [0.25, 0.3) is 5.91 Å². The molecule has 1 fully saturated rings. The van der Waals surface area contributed by atoms with Crippen molar-refractivity contribution in [1.29, 1.82) is 5.26 Å². The van der Waals surface area contributed by atoms with Crippen molar-refractivity contribution in [3.05, 3.63) is 84.3 Å². The van der Waals surface area contributed by atoms with E-state index in [4.69, 9.17) is 4.74 Å². The Morgan fingerprint density at radius 2 is 2.03 bits per heavy atom. The lowest BCUT2D eigenvalue weighted by Crippen LogP contribution is -2.23. The number of para-hydroxylation sites is 1. The van der Waals surface area contributed by atoms with Crippen LogP contribution in [0.5, 0.6) is 5.75 Å². The molecule has 0 saturated heterocycles. The molecule has 1 unspecified atom stereocenters. The fourth-order valence-electron chi connectivity index (χ4n) is 5.14. The minimum absolute atomic E-state index is 0.0857. The van der Waals surface area contributed by atoms with Crippen LogP contribution in [-0.2, 0) is 6.54 Å². The van der Waals surface area contributed by atoms with Gasteiger partial charge in [-0.2, -0.15) is 10.4 Å². The number of ether oxygens (including phenoxy) is 1. The number of nitriles is 1. The SMILES string of the molecule is COc1ccccc1CNC(=O)c1cccc(Nc2nccc(-c3cnn(C(CC#N)C4CCCC4)c3)n2)c1. The highest BCUT2D eigenvalue weighted by Crippen LogP contribution is 2.36. The third-order valence-corrected chi connectivity index (χ3v) is 7.15. The van der Waals surface area contributed by atoms with E-state index in [1.54, 1.807) is 31.6 Å². The van der Waals surface area contributed by atoms with Crippen molar-refractivity contribution in [3.63, 3.8) is 0 Å². The van der Waals surface area contributed by atoms with Gasteiger partial charge in [0.15, 0.2) is 0 Å². The first-order valence-corrected chi connectivity index (χ1v) is 13.2. The number of rotatable bonds is 10. The highest BCUT2D eigenvalue weighted by molar-refractivity contribution is 5.95. The van der Waals surface area contributed by atoms with Gasteiger partial charge in [-0.3, -0.25) is 9.48 Å². The van der Waals surface area contributed by atoms with Crippen LogP contribution in [0.2, 0.25) is 0 Å². The van der Waals surface area contributed by atoms with Crippen LogP contribution in [0.4, 0.5) is 11.6 Å². The Hall–Kier alpha value is -4.71. The molecule has 1 atom stereocenters. The first kappa shape index (κ1) is 25.9. The molecule has 9 nitrogen and oxygen atoms in total. The maximum Gasteiger partial charge on any atom is 0.251 e. The zero-order valence-corrected chi connectivity index (χ0v) is 21.9. The molecule has 1 saturated carbocycles. The lowest BCUT2D eigenvalue weighted by atomic mass is 9.96. The highest BCUT2D eigenvalue weighted by atomic mass is 16.5. The fraction of sp³-hybridized carbons (Fsp3) is 0.300. The molecule has 2 aromatic carbocycles. The second kappa shape index (κ2) is 12.2. The minimum atomic E-state index is -0.194. The third kappa shape index (κ3) is 6.24. The molecule has 9 heteroatoms. The van der Waals surface area contributed by atoms with Gasteiger partial charge in [-0.1, -0.05) is 37.1 Å². The fourth-order valence-corrected chi connectivity index (χ4v) is 5.14. The molecule has 0 bridgehead atoms. The van der Waals surface area contributed by atoms with Gasteiger partial charge in [0.2, 0.25) is 5.95 Å². The van der Waals surface area contributed by atoms with Crippen molar-refractivity contribution in [2.24, 2.45) is 5.92 Å². The Morgan fingerprint density at radius 1 is 1.18 bits per heavy atom. The number of hydrogen-bond donors (Lipinski definition) is 2.